The van der Waals surface area contributed by atoms with Crippen molar-refractivity contribution in [1.29, 1.82) is 0 Å². The van der Waals surface area contributed by atoms with E-state index in [9.17, 15) is 8.78 Å². The highest BCUT2D eigenvalue weighted by Gasteiger charge is 2.24. The van der Waals surface area contributed by atoms with Crippen molar-refractivity contribution in [1.82, 2.24) is 10.2 Å². The minimum absolute atomic E-state index is 0.00832. The summed E-state index contributed by atoms with van der Waals surface area (Å²) in [7, 11) is 0. The Morgan fingerprint density at radius 1 is 1.27 bits per heavy atom. The number of alkyl halides is 2. The Morgan fingerprint density at radius 3 is 2.46 bits per heavy atom. The molecule has 142 valence electrons. The van der Waals surface area contributed by atoms with E-state index in [-0.39, 0.29) is 5.56 Å². The third kappa shape index (κ3) is 5.66. The number of allylic oxidation sites excluding steroid dienone is 2. The first-order valence-corrected chi connectivity index (χ1v) is 9.06. The van der Waals surface area contributed by atoms with Crippen molar-refractivity contribution in [3.63, 3.8) is 0 Å². The molecule has 2 rings (SSSR count). The van der Waals surface area contributed by atoms with E-state index in [0.717, 1.165) is 56.7 Å². The third-order valence-corrected chi connectivity index (χ3v) is 4.08. The molecule has 4 nitrogen and oxygen atoms in total. The van der Waals surface area contributed by atoms with E-state index in [1.54, 1.807) is 18.3 Å². The molecule has 1 heterocycles. The van der Waals surface area contributed by atoms with Crippen LogP contribution < -0.4 is 10.6 Å². The zero-order valence-corrected chi connectivity index (χ0v) is 15.7. The third-order valence-electron chi connectivity index (χ3n) is 4.08. The van der Waals surface area contributed by atoms with Crippen LogP contribution in [0.2, 0.25) is 0 Å². The Balaban J connectivity index is 2.26. The van der Waals surface area contributed by atoms with Crippen LogP contribution in [0.15, 0.2) is 53.3 Å². The zero-order valence-electron chi connectivity index (χ0n) is 15.7. The van der Waals surface area contributed by atoms with Crippen molar-refractivity contribution in [2.24, 2.45) is 4.99 Å². The quantitative estimate of drug-likeness (QED) is 0.584. The molecule has 1 aliphatic heterocycles. The molecule has 0 atom stereocenters. The molecule has 0 bridgehead atoms. The Morgan fingerprint density at radius 2 is 1.92 bits per heavy atom. The number of hydrogen-bond acceptors (Lipinski definition) is 3. The maximum absolute atomic E-state index is 13.4. The van der Waals surface area contributed by atoms with Gasteiger partial charge in [0.1, 0.15) is 0 Å². The van der Waals surface area contributed by atoms with Crippen molar-refractivity contribution in [2.45, 2.75) is 33.1 Å². The number of rotatable bonds is 6. The second-order valence-corrected chi connectivity index (χ2v) is 6.29. The first kappa shape index (κ1) is 20.1. The number of amidine groups is 1. The number of anilines is 1. The molecule has 0 aromatic heterocycles. The molecule has 1 fully saturated rings. The predicted molar refractivity (Wildman–Crippen MR) is 105 cm³/mol. The molecule has 2 N–H and O–H groups in total. The topological polar surface area (TPSA) is 39.7 Å². The van der Waals surface area contributed by atoms with E-state index in [0.29, 0.717) is 0 Å². The lowest BCUT2D eigenvalue weighted by Crippen LogP contribution is -2.47. The van der Waals surface area contributed by atoms with E-state index in [4.69, 9.17) is 0 Å². The summed E-state index contributed by atoms with van der Waals surface area (Å²) in [6.07, 6.45) is 6.59. The lowest BCUT2D eigenvalue weighted by atomic mass is 10.1. The van der Waals surface area contributed by atoms with Crippen LogP contribution in [0.1, 0.15) is 32.8 Å². The highest BCUT2D eigenvalue weighted by atomic mass is 19.3. The van der Waals surface area contributed by atoms with Gasteiger partial charge in [0.25, 0.3) is 5.92 Å². The SMILES string of the molecule is C\C=C/N=C(/C(=C/CC)Nc1ccc(C(C)(F)F)cc1)N1CCNCC1. The first-order valence-electron chi connectivity index (χ1n) is 9.06. The van der Waals surface area contributed by atoms with Gasteiger partial charge in [0, 0.05) is 50.6 Å². The van der Waals surface area contributed by atoms with Crippen LogP contribution >= 0.6 is 0 Å². The van der Waals surface area contributed by atoms with Crippen LogP contribution in [0.4, 0.5) is 14.5 Å². The molecule has 1 aliphatic rings. The monoisotopic (exact) mass is 362 g/mol. The summed E-state index contributed by atoms with van der Waals surface area (Å²) in [6.45, 7) is 8.47. The molecule has 0 radical (unpaired) electrons. The fourth-order valence-corrected chi connectivity index (χ4v) is 2.75. The highest BCUT2D eigenvalue weighted by molar-refractivity contribution is 6.01. The van der Waals surface area contributed by atoms with Crippen molar-refractivity contribution in [2.75, 3.05) is 31.5 Å². The number of hydrogen-bond donors (Lipinski definition) is 2. The highest BCUT2D eigenvalue weighted by Crippen LogP contribution is 2.28. The molecule has 6 heteroatoms. The Kier molecular flexibility index (Phi) is 7.33. The van der Waals surface area contributed by atoms with Gasteiger partial charge in [0.2, 0.25) is 0 Å². The van der Waals surface area contributed by atoms with Gasteiger partial charge >= 0.3 is 0 Å². The second-order valence-electron chi connectivity index (χ2n) is 6.29. The average Bonchev–Trinajstić information content (AvgIpc) is 2.63. The van der Waals surface area contributed by atoms with Gasteiger partial charge < -0.3 is 15.5 Å². The average molecular weight is 362 g/mol. The van der Waals surface area contributed by atoms with Gasteiger partial charge in [-0.1, -0.05) is 31.2 Å². The molecule has 0 aliphatic carbocycles. The minimum atomic E-state index is -2.83. The maximum atomic E-state index is 13.4. The molecule has 0 unspecified atom stereocenters. The number of nitrogens with one attached hydrogen (secondary N) is 2. The van der Waals surface area contributed by atoms with Crippen molar-refractivity contribution in [3.8, 4) is 0 Å². The maximum Gasteiger partial charge on any atom is 0.270 e. The summed E-state index contributed by atoms with van der Waals surface area (Å²) in [6, 6.07) is 6.28. The fourth-order valence-electron chi connectivity index (χ4n) is 2.75. The summed E-state index contributed by atoms with van der Waals surface area (Å²) in [5.41, 5.74) is 1.67. The Bertz CT molecular complexity index is 651. The fraction of sp³-hybridized carbons (Fsp3) is 0.450. The summed E-state index contributed by atoms with van der Waals surface area (Å²) in [5, 5.41) is 6.70. The van der Waals surface area contributed by atoms with Crippen molar-refractivity contribution in [3.05, 3.63) is 53.9 Å². The summed E-state index contributed by atoms with van der Waals surface area (Å²) in [4.78, 5) is 6.86. The Hall–Kier alpha value is -2.21. The summed E-state index contributed by atoms with van der Waals surface area (Å²) >= 11 is 0. The van der Waals surface area contributed by atoms with E-state index < -0.39 is 5.92 Å². The predicted octanol–water partition coefficient (Wildman–Crippen LogP) is 4.34. The van der Waals surface area contributed by atoms with E-state index in [1.165, 1.54) is 12.1 Å². The Labute approximate surface area is 154 Å². The van der Waals surface area contributed by atoms with Gasteiger partial charge in [-0.3, -0.25) is 0 Å². The molecular formula is C20H28F2N4. The van der Waals surface area contributed by atoms with E-state index >= 15 is 0 Å². The number of halogens is 2. The molecule has 1 saturated heterocycles. The zero-order chi connectivity index (χ0) is 19.0. The van der Waals surface area contributed by atoms with E-state index in [1.807, 2.05) is 13.0 Å². The number of piperazine rings is 1. The van der Waals surface area contributed by atoms with Crippen LogP contribution in [-0.2, 0) is 5.92 Å². The van der Waals surface area contributed by atoms with Crippen molar-refractivity contribution >= 4 is 11.5 Å². The lowest BCUT2D eigenvalue weighted by Gasteiger charge is -2.31. The summed E-state index contributed by atoms with van der Waals surface area (Å²) in [5.74, 6) is -1.96. The lowest BCUT2D eigenvalue weighted by molar-refractivity contribution is 0.0175. The van der Waals surface area contributed by atoms with Crippen LogP contribution in [0.5, 0.6) is 0 Å². The molecule has 0 saturated carbocycles. The van der Waals surface area contributed by atoms with Gasteiger partial charge in [-0.05, 0) is 25.5 Å². The molecule has 26 heavy (non-hydrogen) atoms. The normalized spacial score (nSPS) is 17.0. The number of aliphatic imine (C=N–C) groups is 1. The molecule has 0 amide bonds. The van der Waals surface area contributed by atoms with E-state index in [2.05, 4.69) is 33.5 Å². The number of benzene rings is 1. The van der Waals surface area contributed by atoms with Crippen LogP contribution in [-0.4, -0.2) is 36.9 Å². The smallest absolute Gasteiger partial charge is 0.270 e. The summed E-state index contributed by atoms with van der Waals surface area (Å²) < 4.78 is 26.8. The van der Waals surface area contributed by atoms with Gasteiger partial charge in [-0.15, -0.1) is 0 Å². The van der Waals surface area contributed by atoms with Gasteiger partial charge in [-0.25, -0.2) is 13.8 Å². The molecular weight excluding hydrogens is 334 g/mol. The molecule has 1 aromatic rings. The first-order chi connectivity index (χ1) is 12.5. The minimum Gasteiger partial charge on any atom is -0.353 e. The number of nitrogens with zero attached hydrogens (tertiary/aromatic N) is 2. The van der Waals surface area contributed by atoms with Gasteiger partial charge in [0.15, 0.2) is 5.84 Å². The van der Waals surface area contributed by atoms with Crippen LogP contribution in [0.3, 0.4) is 0 Å². The second kappa shape index (κ2) is 9.48. The molecule has 0 spiro atoms. The molecule has 1 aromatic carbocycles. The van der Waals surface area contributed by atoms with Gasteiger partial charge in [0.05, 0.1) is 5.70 Å². The van der Waals surface area contributed by atoms with Crippen molar-refractivity contribution < 1.29 is 8.78 Å². The largest absolute Gasteiger partial charge is 0.353 e. The van der Waals surface area contributed by atoms with Crippen LogP contribution in [0, 0.1) is 0 Å². The standard InChI is InChI=1S/C20H28F2N4/c1-4-6-18(19(24-11-5-2)26-14-12-23-13-15-26)25-17-9-7-16(8-10-17)20(3,21)22/h5-11,23,25H,4,12-15H2,1-3H3/b11-5-,18-6-,24-19-. The van der Waals surface area contributed by atoms with Crippen LogP contribution in [0.25, 0.3) is 0 Å². The van der Waals surface area contributed by atoms with Gasteiger partial charge in [-0.2, -0.15) is 0 Å².